The molecule has 30 heavy (non-hydrogen) atoms. The Balaban J connectivity index is 2.14. The third-order valence-corrected chi connectivity index (χ3v) is 4.57. The third kappa shape index (κ3) is 4.64. The van der Waals surface area contributed by atoms with Crippen molar-refractivity contribution >= 4 is 11.9 Å². The van der Waals surface area contributed by atoms with Crippen LogP contribution in [0.25, 0.3) is 0 Å². The van der Waals surface area contributed by atoms with Crippen LogP contribution < -0.4 is 9.47 Å². The summed E-state index contributed by atoms with van der Waals surface area (Å²) in [7, 11) is 0. The van der Waals surface area contributed by atoms with E-state index in [9.17, 15) is 9.59 Å². The summed E-state index contributed by atoms with van der Waals surface area (Å²) in [6, 6.07) is 9.92. The van der Waals surface area contributed by atoms with E-state index < -0.39 is 17.4 Å². The molecular weight excluding hydrogens is 384 g/mol. The molecule has 6 nitrogen and oxygen atoms in total. The summed E-state index contributed by atoms with van der Waals surface area (Å²) in [6.07, 6.45) is 2.78. The average molecular weight is 410 g/mol. The van der Waals surface area contributed by atoms with Crippen molar-refractivity contribution in [3.63, 3.8) is 0 Å². The number of benzene rings is 1. The van der Waals surface area contributed by atoms with Gasteiger partial charge in [-0.2, -0.15) is 0 Å². The average Bonchev–Trinajstić information content (AvgIpc) is 3.35. The Kier molecular flexibility index (Phi) is 5.61. The summed E-state index contributed by atoms with van der Waals surface area (Å²) >= 11 is 0. The van der Waals surface area contributed by atoms with Crippen molar-refractivity contribution in [1.29, 1.82) is 0 Å². The van der Waals surface area contributed by atoms with Gasteiger partial charge in [0, 0.05) is 5.56 Å². The molecule has 0 fully saturated rings. The highest BCUT2D eigenvalue weighted by atomic mass is 16.6. The molecule has 0 bridgehead atoms. The van der Waals surface area contributed by atoms with Crippen molar-refractivity contribution in [2.24, 2.45) is 0 Å². The molecule has 0 unspecified atom stereocenters. The molecule has 2 aromatic heterocycles. The molecule has 0 saturated carbocycles. The van der Waals surface area contributed by atoms with Gasteiger partial charge >= 0.3 is 11.9 Å². The lowest BCUT2D eigenvalue weighted by molar-refractivity contribution is 0.0646. The van der Waals surface area contributed by atoms with Crippen LogP contribution >= 0.6 is 0 Å². The maximum Gasteiger partial charge on any atom is 0.379 e. The lowest BCUT2D eigenvalue weighted by Crippen LogP contribution is -2.21. The Morgan fingerprint density at radius 3 is 1.73 bits per heavy atom. The molecular formula is C24H26O6. The number of hydrogen-bond acceptors (Lipinski definition) is 6. The number of rotatable bonds is 4. The van der Waals surface area contributed by atoms with Gasteiger partial charge in [-0.1, -0.05) is 47.6 Å². The van der Waals surface area contributed by atoms with Gasteiger partial charge in [-0.25, -0.2) is 9.59 Å². The van der Waals surface area contributed by atoms with Gasteiger partial charge in [0.2, 0.25) is 11.5 Å². The van der Waals surface area contributed by atoms with E-state index in [1.807, 2.05) is 26.8 Å². The molecule has 1 aromatic carbocycles. The topological polar surface area (TPSA) is 78.9 Å². The van der Waals surface area contributed by atoms with Crippen molar-refractivity contribution in [2.45, 2.75) is 52.4 Å². The fraction of sp³-hybridized carbons (Fsp3) is 0.333. The van der Waals surface area contributed by atoms with Crippen LogP contribution in [0.5, 0.6) is 11.5 Å². The van der Waals surface area contributed by atoms with Gasteiger partial charge in [-0.05, 0) is 46.7 Å². The number of furan rings is 2. The quantitative estimate of drug-likeness (QED) is 0.393. The zero-order chi connectivity index (χ0) is 22.1. The first-order valence-corrected chi connectivity index (χ1v) is 9.67. The summed E-state index contributed by atoms with van der Waals surface area (Å²) < 4.78 is 21.6. The van der Waals surface area contributed by atoms with Crippen LogP contribution in [0, 0.1) is 0 Å². The summed E-state index contributed by atoms with van der Waals surface area (Å²) in [6.45, 7) is 12.2. The van der Waals surface area contributed by atoms with Crippen molar-refractivity contribution in [1.82, 2.24) is 0 Å². The van der Waals surface area contributed by atoms with Gasteiger partial charge in [-0.15, -0.1) is 0 Å². The van der Waals surface area contributed by atoms with E-state index in [1.165, 1.54) is 24.7 Å². The van der Waals surface area contributed by atoms with E-state index in [0.29, 0.717) is 0 Å². The van der Waals surface area contributed by atoms with Crippen molar-refractivity contribution in [2.75, 3.05) is 0 Å². The molecule has 0 N–H and O–H groups in total. The predicted molar refractivity (Wildman–Crippen MR) is 111 cm³/mol. The second-order valence-corrected chi connectivity index (χ2v) is 9.08. The lowest BCUT2D eigenvalue weighted by Gasteiger charge is -2.28. The molecule has 0 aliphatic rings. The van der Waals surface area contributed by atoms with Crippen LogP contribution in [0.4, 0.5) is 0 Å². The van der Waals surface area contributed by atoms with Gasteiger partial charge in [0.15, 0.2) is 11.5 Å². The Labute approximate surface area is 175 Å². The number of ether oxygens (including phenoxy) is 2. The molecule has 0 spiro atoms. The van der Waals surface area contributed by atoms with Gasteiger partial charge in [0.25, 0.3) is 0 Å². The molecule has 3 rings (SSSR count). The number of carbonyl (C=O) groups excluding carboxylic acids is 2. The zero-order valence-corrected chi connectivity index (χ0v) is 18.1. The Bertz CT molecular complexity index is 1030. The summed E-state index contributed by atoms with van der Waals surface area (Å²) in [5.41, 5.74) is 1.05. The lowest BCUT2D eigenvalue weighted by atomic mass is 9.80. The van der Waals surface area contributed by atoms with Crippen molar-refractivity contribution < 1.29 is 27.9 Å². The first-order valence-electron chi connectivity index (χ1n) is 9.67. The second kappa shape index (κ2) is 7.86. The number of carbonyl (C=O) groups is 2. The Hall–Kier alpha value is -3.28. The molecule has 2 heterocycles. The highest BCUT2D eigenvalue weighted by molar-refractivity contribution is 5.91. The van der Waals surface area contributed by atoms with Crippen LogP contribution in [-0.4, -0.2) is 11.9 Å². The SMILES string of the molecule is CC(C)(C)c1cc(OC(=O)c2ccco2)c(OC(=O)c2ccco2)c(C(C)(C)C)c1. The fourth-order valence-electron chi connectivity index (χ4n) is 2.86. The van der Waals surface area contributed by atoms with Crippen molar-refractivity contribution in [3.05, 3.63) is 71.6 Å². The van der Waals surface area contributed by atoms with E-state index in [-0.39, 0.29) is 28.4 Å². The first-order chi connectivity index (χ1) is 14.0. The minimum Gasteiger partial charge on any atom is -0.457 e. The second-order valence-electron chi connectivity index (χ2n) is 9.08. The van der Waals surface area contributed by atoms with E-state index >= 15 is 0 Å². The molecule has 0 aliphatic carbocycles. The van der Waals surface area contributed by atoms with Crippen LogP contribution in [0.1, 0.15) is 73.8 Å². The molecule has 6 heteroatoms. The maximum absolute atomic E-state index is 12.6. The Morgan fingerprint density at radius 1 is 0.767 bits per heavy atom. The van der Waals surface area contributed by atoms with Gasteiger partial charge < -0.3 is 18.3 Å². The molecule has 0 amide bonds. The monoisotopic (exact) mass is 410 g/mol. The van der Waals surface area contributed by atoms with Gasteiger partial charge in [-0.3, -0.25) is 0 Å². The fourth-order valence-corrected chi connectivity index (χ4v) is 2.86. The number of esters is 2. The smallest absolute Gasteiger partial charge is 0.379 e. The first kappa shape index (κ1) is 21.4. The molecule has 0 saturated heterocycles. The van der Waals surface area contributed by atoms with Crippen LogP contribution in [0.15, 0.2) is 57.8 Å². The van der Waals surface area contributed by atoms with Gasteiger partial charge in [0.05, 0.1) is 12.5 Å². The summed E-state index contributed by atoms with van der Waals surface area (Å²) in [4.78, 5) is 25.2. The normalized spacial score (nSPS) is 11.9. The van der Waals surface area contributed by atoms with E-state index in [0.717, 1.165) is 11.1 Å². The van der Waals surface area contributed by atoms with Crippen LogP contribution in [0.2, 0.25) is 0 Å². The molecule has 158 valence electrons. The van der Waals surface area contributed by atoms with E-state index in [4.69, 9.17) is 18.3 Å². The molecule has 0 radical (unpaired) electrons. The zero-order valence-electron chi connectivity index (χ0n) is 18.1. The summed E-state index contributed by atoms with van der Waals surface area (Å²) in [5, 5.41) is 0. The molecule has 0 atom stereocenters. The van der Waals surface area contributed by atoms with Gasteiger partial charge in [0.1, 0.15) is 0 Å². The predicted octanol–water partition coefficient (Wildman–Crippen LogP) is 5.91. The summed E-state index contributed by atoms with van der Waals surface area (Å²) in [5.74, 6) is -0.925. The van der Waals surface area contributed by atoms with E-state index in [2.05, 4.69) is 20.8 Å². The molecule has 3 aromatic rings. The van der Waals surface area contributed by atoms with Crippen LogP contribution in [0.3, 0.4) is 0 Å². The van der Waals surface area contributed by atoms with Crippen molar-refractivity contribution in [3.8, 4) is 11.5 Å². The standard InChI is InChI=1S/C24H26O6/c1-23(2,3)15-13-16(24(4,5)6)20(30-22(26)18-10-8-12-28-18)19(14-15)29-21(25)17-9-7-11-27-17/h7-14H,1-6H3. The third-order valence-electron chi connectivity index (χ3n) is 4.57. The molecule has 0 aliphatic heterocycles. The Morgan fingerprint density at radius 2 is 1.30 bits per heavy atom. The minimum atomic E-state index is -0.679. The highest BCUT2D eigenvalue weighted by Gasteiger charge is 2.30. The highest BCUT2D eigenvalue weighted by Crippen LogP contribution is 2.43. The minimum absolute atomic E-state index is 0.0526. The number of hydrogen-bond donors (Lipinski definition) is 0. The largest absolute Gasteiger partial charge is 0.457 e. The maximum atomic E-state index is 12.6. The van der Waals surface area contributed by atoms with Crippen LogP contribution in [-0.2, 0) is 10.8 Å². The van der Waals surface area contributed by atoms with E-state index in [1.54, 1.807) is 18.2 Å².